The van der Waals surface area contributed by atoms with Crippen LogP contribution in [-0.4, -0.2) is 12.3 Å². The molecule has 8 heteroatoms. The van der Waals surface area contributed by atoms with Crippen LogP contribution in [0.3, 0.4) is 0 Å². The summed E-state index contributed by atoms with van der Waals surface area (Å²) in [6.45, 7) is -0.339. The van der Waals surface area contributed by atoms with Gasteiger partial charge in [0.2, 0.25) is 0 Å². The summed E-state index contributed by atoms with van der Waals surface area (Å²) in [6.07, 6.45) is -11.1. The fourth-order valence-corrected chi connectivity index (χ4v) is 0.988. The van der Waals surface area contributed by atoms with Gasteiger partial charge in [0.15, 0.2) is 0 Å². The molecule has 0 aromatic heterocycles. The van der Waals surface area contributed by atoms with Gasteiger partial charge in [-0.05, 0) is 17.7 Å². The van der Waals surface area contributed by atoms with Crippen LogP contribution in [0.1, 0.15) is 5.56 Å². The largest absolute Gasteiger partial charge is 0.499 e. The van der Waals surface area contributed by atoms with Gasteiger partial charge in [-0.15, -0.1) is 0 Å². The SMILES string of the molecule is O=NCc1cccc(OC(F)(F)C(F)(F)F)c1. The Morgan fingerprint density at radius 3 is 2.35 bits per heavy atom. The van der Waals surface area contributed by atoms with Crippen LogP contribution < -0.4 is 4.74 Å². The molecule has 0 amide bonds. The van der Waals surface area contributed by atoms with Crippen LogP contribution in [0.15, 0.2) is 29.4 Å². The van der Waals surface area contributed by atoms with E-state index in [4.69, 9.17) is 0 Å². The van der Waals surface area contributed by atoms with Gasteiger partial charge >= 0.3 is 12.3 Å². The van der Waals surface area contributed by atoms with Crippen molar-refractivity contribution in [3.63, 3.8) is 0 Å². The molecule has 0 fully saturated rings. The maximum atomic E-state index is 12.5. The highest BCUT2D eigenvalue weighted by molar-refractivity contribution is 5.28. The van der Waals surface area contributed by atoms with Crippen LogP contribution in [0.2, 0.25) is 0 Å². The molecular formula is C9H6F5NO2. The molecule has 0 aliphatic rings. The number of ether oxygens (including phenoxy) is 1. The molecule has 0 atom stereocenters. The number of nitrogens with zero attached hydrogens (tertiary/aromatic N) is 1. The van der Waals surface area contributed by atoms with E-state index in [9.17, 15) is 26.9 Å². The number of hydrogen-bond acceptors (Lipinski definition) is 3. The van der Waals surface area contributed by atoms with E-state index in [0.717, 1.165) is 12.1 Å². The minimum absolute atomic E-state index is 0.176. The smallest absolute Gasteiger partial charge is 0.426 e. The molecular weight excluding hydrogens is 249 g/mol. The summed E-state index contributed by atoms with van der Waals surface area (Å²) in [5.41, 5.74) is 0.176. The first-order valence-electron chi connectivity index (χ1n) is 4.28. The third-order valence-corrected chi connectivity index (χ3v) is 1.72. The molecule has 94 valence electrons. The second-order valence-corrected chi connectivity index (χ2v) is 3.05. The van der Waals surface area contributed by atoms with Gasteiger partial charge in [0.25, 0.3) is 0 Å². The summed E-state index contributed by atoms with van der Waals surface area (Å²) in [5, 5.41) is 2.48. The number of alkyl halides is 5. The molecule has 0 unspecified atom stereocenters. The standard InChI is InChI=1S/C9H6F5NO2/c10-8(11,12)9(13,14)17-7-3-1-2-6(4-7)5-15-16/h1-4H,5H2. The summed E-state index contributed by atoms with van der Waals surface area (Å²) < 4.78 is 64.0. The van der Waals surface area contributed by atoms with Crippen LogP contribution in [0.5, 0.6) is 5.75 Å². The van der Waals surface area contributed by atoms with Crippen molar-refractivity contribution in [3.8, 4) is 5.75 Å². The monoisotopic (exact) mass is 255 g/mol. The number of hydrogen-bond donors (Lipinski definition) is 0. The summed E-state index contributed by atoms with van der Waals surface area (Å²) >= 11 is 0. The topological polar surface area (TPSA) is 38.7 Å². The molecule has 0 aliphatic carbocycles. The number of benzene rings is 1. The molecule has 0 radical (unpaired) electrons. The van der Waals surface area contributed by atoms with Crippen molar-refractivity contribution < 1.29 is 26.7 Å². The van der Waals surface area contributed by atoms with Crippen molar-refractivity contribution >= 4 is 0 Å². The van der Waals surface area contributed by atoms with Crippen molar-refractivity contribution in [2.24, 2.45) is 5.18 Å². The van der Waals surface area contributed by atoms with Gasteiger partial charge in [0.1, 0.15) is 12.3 Å². The maximum Gasteiger partial charge on any atom is 0.499 e. The van der Waals surface area contributed by atoms with E-state index in [1.807, 2.05) is 0 Å². The molecule has 0 saturated heterocycles. The van der Waals surface area contributed by atoms with Gasteiger partial charge in [0.05, 0.1) is 0 Å². The lowest BCUT2D eigenvalue weighted by Crippen LogP contribution is -2.41. The van der Waals surface area contributed by atoms with Crippen molar-refractivity contribution in [2.45, 2.75) is 18.8 Å². The van der Waals surface area contributed by atoms with Gasteiger partial charge in [0, 0.05) is 0 Å². The third-order valence-electron chi connectivity index (χ3n) is 1.72. The van der Waals surface area contributed by atoms with Crippen LogP contribution in [0.4, 0.5) is 22.0 Å². The van der Waals surface area contributed by atoms with Crippen molar-refractivity contribution in [1.82, 2.24) is 0 Å². The third kappa shape index (κ3) is 3.36. The van der Waals surface area contributed by atoms with Gasteiger partial charge in [-0.3, -0.25) is 0 Å². The lowest BCUT2D eigenvalue weighted by molar-refractivity contribution is -0.360. The summed E-state index contributed by atoms with van der Waals surface area (Å²) in [7, 11) is 0. The summed E-state index contributed by atoms with van der Waals surface area (Å²) in [4.78, 5) is 9.91. The molecule has 0 saturated carbocycles. The minimum atomic E-state index is -5.80. The first-order chi connectivity index (χ1) is 7.76. The fourth-order valence-electron chi connectivity index (χ4n) is 0.988. The Morgan fingerprint density at radius 1 is 1.18 bits per heavy atom. The first kappa shape index (κ1) is 13.3. The molecule has 0 bridgehead atoms. The Labute approximate surface area is 92.2 Å². The lowest BCUT2D eigenvalue weighted by Gasteiger charge is -2.20. The lowest BCUT2D eigenvalue weighted by atomic mass is 10.2. The molecule has 0 spiro atoms. The van der Waals surface area contributed by atoms with Crippen LogP contribution in [0, 0.1) is 4.91 Å². The highest BCUT2D eigenvalue weighted by Gasteiger charge is 2.61. The second-order valence-electron chi connectivity index (χ2n) is 3.05. The number of nitroso groups, excluding NO2 is 1. The van der Waals surface area contributed by atoms with Crippen LogP contribution in [-0.2, 0) is 6.54 Å². The van der Waals surface area contributed by atoms with Crippen LogP contribution >= 0.6 is 0 Å². The maximum absolute atomic E-state index is 12.5. The highest BCUT2D eigenvalue weighted by atomic mass is 19.4. The molecule has 1 rings (SSSR count). The normalized spacial score (nSPS) is 12.3. The Balaban J connectivity index is 2.88. The number of rotatable bonds is 4. The average Bonchev–Trinajstić information content (AvgIpc) is 2.16. The van der Waals surface area contributed by atoms with E-state index in [-0.39, 0.29) is 12.1 Å². The van der Waals surface area contributed by atoms with Crippen molar-refractivity contribution in [1.29, 1.82) is 0 Å². The van der Waals surface area contributed by atoms with E-state index in [0.29, 0.717) is 0 Å². The van der Waals surface area contributed by atoms with Crippen LogP contribution in [0.25, 0.3) is 0 Å². The predicted molar refractivity (Wildman–Crippen MR) is 47.6 cm³/mol. The first-order valence-corrected chi connectivity index (χ1v) is 4.28. The Morgan fingerprint density at radius 2 is 1.82 bits per heavy atom. The van der Waals surface area contributed by atoms with E-state index < -0.39 is 18.0 Å². The van der Waals surface area contributed by atoms with E-state index in [2.05, 4.69) is 9.91 Å². The van der Waals surface area contributed by atoms with Crippen molar-refractivity contribution in [3.05, 3.63) is 34.7 Å². The zero-order valence-electron chi connectivity index (χ0n) is 8.17. The summed E-state index contributed by atoms with van der Waals surface area (Å²) in [6, 6.07) is 4.34. The second kappa shape index (κ2) is 4.64. The number of halogens is 5. The summed E-state index contributed by atoms with van der Waals surface area (Å²) in [5.74, 6) is -0.687. The van der Waals surface area contributed by atoms with Gasteiger partial charge < -0.3 is 4.74 Å². The minimum Gasteiger partial charge on any atom is -0.426 e. The average molecular weight is 255 g/mol. The van der Waals surface area contributed by atoms with E-state index in [1.54, 1.807) is 0 Å². The van der Waals surface area contributed by atoms with E-state index >= 15 is 0 Å². The highest BCUT2D eigenvalue weighted by Crippen LogP contribution is 2.37. The Kier molecular flexibility index (Phi) is 3.64. The zero-order valence-corrected chi connectivity index (χ0v) is 8.17. The molecule has 17 heavy (non-hydrogen) atoms. The van der Waals surface area contributed by atoms with E-state index in [1.165, 1.54) is 12.1 Å². The zero-order chi connectivity index (χ0) is 13.1. The van der Waals surface area contributed by atoms with Gasteiger partial charge in [-0.2, -0.15) is 26.9 Å². The van der Waals surface area contributed by atoms with Gasteiger partial charge in [-0.25, -0.2) is 0 Å². The molecule has 1 aromatic rings. The van der Waals surface area contributed by atoms with Crippen molar-refractivity contribution in [2.75, 3.05) is 0 Å². The molecule has 0 N–H and O–H groups in total. The molecule has 3 nitrogen and oxygen atoms in total. The molecule has 0 aliphatic heterocycles. The predicted octanol–water partition coefficient (Wildman–Crippen LogP) is 3.49. The molecule has 1 aromatic carbocycles. The Hall–Kier alpha value is -1.73. The Bertz CT molecular complexity index is 405. The molecule has 0 heterocycles. The van der Waals surface area contributed by atoms with Gasteiger partial charge in [-0.1, -0.05) is 17.3 Å². The quantitative estimate of drug-likeness (QED) is 0.610. The fraction of sp³-hybridized carbons (Fsp3) is 0.333.